The molecule has 1 unspecified atom stereocenters. The van der Waals surface area contributed by atoms with Crippen LogP contribution in [0.5, 0.6) is 0 Å². The van der Waals surface area contributed by atoms with Crippen molar-refractivity contribution in [3.05, 3.63) is 66.1 Å². The number of nitrogens with zero attached hydrogens (tertiary/aromatic N) is 6. The van der Waals surface area contributed by atoms with Gasteiger partial charge in [-0.25, -0.2) is 18.7 Å². The number of nitrogens with one attached hydrogen (secondary N) is 2. The van der Waals surface area contributed by atoms with Crippen LogP contribution < -0.4 is 15.5 Å². The van der Waals surface area contributed by atoms with Gasteiger partial charge in [-0.1, -0.05) is 0 Å². The first-order chi connectivity index (χ1) is 19.4. The Morgan fingerprint density at radius 3 is 2.58 bits per heavy atom. The van der Waals surface area contributed by atoms with Crippen molar-refractivity contribution in [3.63, 3.8) is 0 Å². The molecule has 2 aliphatic rings. The topological polar surface area (TPSA) is 100 Å². The first kappa shape index (κ1) is 26.1. The minimum Gasteiger partial charge on any atom is -0.378 e. The summed E-state index contributed by atoms with van der Waals surface area (Å²) in [6, 6.07) is 8.65. The van der Waals surface area contributed by atoms with Crippen LogP contribution in [0.2, 0.25) is 0 Å². The average molecular weight is 549 g/mol. The Morgan fingerprint density at radius 1 is 1.07 bits per heavy atom. The molecule has 4 aromatic rings. The molecule has 2 N–H and O–H groups in total. The van der Waals surface area contributed by atoms with Crippen molar-refractivity contribution in [2.75, 3.05) is 49.6 Å². The SMILES string of the molecule is CC1CN(c2ccc(Nc3ncc4ccn(-c5cc(F)c(C(=O)N6CCOCC6)c(F)c5)c4n3)cn2)[C@H](C)CN1. The highest BCUT2D eigenvalue weighted by molar-refractivity contribution is 5.95. The van der Waals surface area contributed by atoms with Crippen LogP contribution in [0.3, 0.4) is 0 Å². The Bertz CT molecular complexity index is 1510. The Kier molecular flexibility index (Phi) is 7.03. The summed E-state index contributed by atoms with van der Waals surface area (Å²) in [6.07, 6.45) is 5.03. The number of anilines is 3. The largest absolute Gasteiger partial charge is 0.378 e. The number of rotatable bonds is 5. The molecule has 0 aliphatic carbocycles. The number of fused-ring (bicyclic) bond motifs is 1. The highest BCUT2D eigenvalue weighted by atomic mass is 19.1. The minimum absolute atomic E-state index is 0.207. The third-order valence-corrected chi connectivity index (χ3v) is 7.31. The first-order valence-corrected chi connectivity index (χ1v) is 13.3. The van der Waals surface area contributed by atoms with Crippen molar-refractivity contribution in [1.29, 1.82) is 0 Å². The maximum Gasteiger partial charge on any atom is 0.259 e. The lowest BCUT2D eigenvalue weighted by Crippen LogP contribution is -2.54. The van der Waals surface area contributed by atoms with Gasteiger partial charge in [0.1, 0.15) is 28.7 Å². The maximum absolute atomic E-state index is 15.1. The van der Waals surface area contributed by atoms with E-state index in [2.05, 4.69) is 44.3 Å². The fraction of sp³-hybridized carbons (Fsp3) is 0.357. The van der Waals surface area contributed by atoms with Gasteiger partial charge in [-0.05, 0) is 44.2 Å². The van der Waals surface area contributed by atoms with Crippen molar-refractivity contribution in [3.8, 4) is 5.69 Å². The second-order valence-corrected chi connectivity index (χ2v) is 10.2. The van der Waals surface area contributed by atoms with Crippen LogP contribution in [0, 0.1) is 11.6 Å². The predicted octanol–water partition coefficient (Wildman–Crippen LogP) is 3.50. The zero-order valence-corrected chi connectivity index (χ0v) is 22.3. The molecule has 208 valence electrons. The number of hydrogen-bond acceptors (Lipinski definition) is 8. The summed E-state index contributed by atoms with van der Waals surface area (Å²) in [6.45, 7) is 7.36. The van der Waals surface area contributed by atoms with E-state index in [1.807, 2.05) is 12.1 Å². The summed E-state index contributed by atoms with van der Waals surface area (Å²) in [5.74, 6) is -1.33. The normalized spacial score (nSPS) is 19.7. The van der Waals surface area contributed by atoms with Crippen LogP contribution in [0.1, 0.15) is 24.2 Å². The average Bonchev–Trinajstić information content (AvgIpc) is 3.38. The van der Waals surface area contributed by atoms with Crippen LogP contribution in [-0.4, -0.2) is 81.8 Å². The Balaban J connectivity index is 1.24. The molecule has 2 fully saturated rings. The van der Waals surface area contributed by atoms with Crippen molar-refractivity contribution in [2.45, 2.75) is 25.9 Å². The molecule has 40 heavy (non-hydrogen) atoms. The van der Waals surface area contributed by atoms with E-state index >= 15 is 8.78 Å². The van der Waals surface area contributed by atoms with Gasteiger partial charge in [-0.2, -0.15) is 4.98 Å². The molecule has 12 heteroatoms. The molecule has 0 radical (unpaired) electrons. The van der Waals surface area contributed by atoms with Crippen LogP contribution in [-0.2, 0) is 4.74 Å². The van der Waals surface area contributed by atoms with E-state index in [9.17, 15) is 4.79 Å². The van der Waals surface area contributed by atoms with Crippen LogP contribution in [0.25, 0.3) is 16.7 Å². The number of amides is 1. The van der Waals surface area contributed by atoms with E-state index < -0.39 is 23.1 Å². The molecule has 2 atom stereocenters. The van der Waals surface area contributed by atoms with Gasteiger partial charge in [-0.3, -0.25) is 4.79 Å². The summed E-state index contributed by atoms with van der Waals surface area (Å²) < 4.78 is 37.0. The van der Waals surface area contributed by atoms with Gasteiger partial charge in [0.15, 0.2) is 0 Å². The van der Waals surface area contributed by atoms with Crippen LogP contribution in [0.15, 0.2) is 48.9 Å². The van der Waals surface area contributed by atoms with E-state index in [-0.39, 0.29) is 5.69 Å². The van der Waals surface area contributed by atoms with Crippen LogP contribution >= 0.6 is 0 Å². The highest BCUT2D eigenvalue weighted by Gasteiger charge is 2.26. The summed E-state index contributed by atoms with van der Waals surface area (Å²) in [7, 11) is 0. The third-order valence-electron chi connectivity index (χ3n) is 7.31. The van der Waals surface area contributed by atoms with E-state index in [1.165, 1.54) is 4.90 Å². The summed E-state index contributed by atoms with van der Waals surface area (Å²) in [4.78, 5) is 30.0. The van der Waals surface area contributed by atoms with Crippen molar-refractivity contribution in [1.82, 2.24) is 29.7 Å². The lowest BCUT2D eigenvalue weighted by Gasteiger charge is -2.38. The summed E-state index contributed by atoms with van der Waals surface area (Å²) in [5.41, 5.74) is 0.801. The molecule has 0 bridgehead atoms. The number of halogens is 2. The fourth-order valence-electron chi connectivity index (χ4n) is 5.11. The Hall–Kier alpha value is -4.16. The van der Waals surface area contributed by atoms with E-state index in [0.717, 1.165) is 31.0 Å². The Labute approximate surface area is 230 Å². The summed E-state index contributed by atoms with van der Waals surface area (Å²) >= 11 is 0. The monoisotopic (exact) mass is 548 g/mol. The number of aromatic nitrogens is 4. The van der Waals surface area contributed by atoms with Gasteiger partial charge >= 0.3 is 0 Å². The number of ether oxygens (including phenoxy) is 1. The van der Waals surface area contributed by atoms with Gasteiger partial charge in [0.25, 0.3) is 5.91 Å². The number of morpholine rings is 1. The highest BCUT2D eigenvalue weighted by Crippen LogP contribution is 2.26. The number of hydrogen-bond donors (Lipinski definition) is 2. The molecule has 10 nitrogen and oxygen atoms in total. The lowest BCUT2D eigenvalue weighted by atomic mass is 10.1. The number of benzene rings is 1. The molecule has 1 aromatic carbocycles. The minimum atomic E-state index is -0.930. The van der Waals surface area contributed by atoms with E-state index in [0.29, 0.717) is 61.1 Å². The standard InChI is InChI=1S/C28H30F2N8O2/c1-17-16-38(18(2)13-31-17)24-4-3-20(15-32-24)34-28-33-14-19-5-6-37(26(19)35-28)21-11-22(29)25(23(30)12-21)27(39)36-7-9-40-10-8-36/h3-6,11-12,14-15,17-18,31H,7-10,13,16H2,1-2H3,(H,33,34,35)/t17?,18-/m1/s1. The molecule has 2 saturated heterocycles. The maximum atomic E-state index is 15.1. The van der Waals surface area contributed by atoms with Crippen LogP contribution in [0.4, 0.5) is 26.2 Å². The van der Waals surface area contributed by atoms with Gasteiger partial charge in [0.05, 0.1) is 30.8 Å². The zero-order valence-electron chi connectivity index (χ0n) is 22.3. The molecule has 1 amide bonds. The second-order valence-electron chi connectivity index (χ2n) is 10.2. The second kappa shape index (κ2) is 10.8. The third kappa shape index (κ3) is 5.07. The van der Waals surface area contributed by atoms with Crippen molar-refractivity contribution in [2.24, 2.45) is 0 Å². The Morgan fingerprint density at radius 2 is 1.85 bits per heavy atom. The quantitative estimate of drug-likeness (QED) is 0.391. The molecule has 5 heterocycles. The van der Waals surface area contributed by atoms with Crippen molar-refractivity contribution >= 4 is 34.4 Å². The number of pyridine rings is 1. The van der Waals surface area contributed by atoms with Crippen molar-refractivity contribution < 1.29 is 18.3 Å². The van der Waals surface area contributed by atoms with Gasteiger partial charge < -0.3 is 29.7 Å². The predicted molar refractivity (Wildman–Crippen MR) is 147 cm³/mol. The van der Waals surface area contributed by atoms with Gasteiger partial charge in [0, 0.05) is 56.0 Å². The number of piperazine rings is 1. The van der Waals surface area contributed by atoms with Gasteiger partial charge in [-0.15, -0.1) is 0 Å². The molecular formula is C28H30F2N8O2. The number of carbonyl (C=O) groups is 1. The molecular weight excluding hydrogens is 518 g/mol. The molecule has 0 saturated carbocycles. The van der Waals surface area contributed by atoms with E-state index in [4.69, 9.17) is 4.74 Å². The zero-order chi connectivity index (χ0) is 27.8. The van der Waals surface area contributed by atoms with Gasteiger partial charge in [0.2, 0.25) is 5.95 Å². The summed E-state index contributed by atoms with van der Waals surface area (Å²) in [5, 5.41) is 7.32. The lowest BCUT2D eigenvalue weighted by molar-refractivity contribution is 0.0296. The fourth-order valence-corrected chi connectivity index (χ4v) is 5.11. The first-order valence-electron chi connectivity index (χ1n) is 13.3. The van der Waals surface area contributed by atoms with E-state index in [1.54, 1.807) is 29.2 Å². The molecule has 3 aromatic heterocycles. The molecule has 0 spiro atoms. The molecule has 6 rings (SSSR count). The number of carbonyl (C=O) groups excluding carboxylic acids is 1. The smallest absolute Gasteiger partial charge is 0.259 e. The molecule has 2 aliphatic heterocycles.